The Morgan fingerprint density at radius 2 is 1.94 bits per heavy atom. The highest BCUT2D eigenvalue weighted by Gasteiger charge is 2.35. The van der Waals surface area contributed by atoms with Crippen molar-refractivity contribution < 1.29 is 13.7 Å². The minimum Gasteiger partial charge on any atom is -0.396 e. The first-order chi connectivity index (χ1) is 15.1. The fraction of sp³-hybridized carbons (Fsp3) is 0.538. The van der Waals surface area contributed by atoms with Crippen LogP contribution in [0.3, 0.4) is 0 Å². The zero-order valence-electron chi connectivity index (χ0n) is 19.7. The number of nitrogen functional groups attached to an aromatic ring is 1. The lowest BCUT2D eigenvalue weighted by atomic mass is 9.86. The molecule has 2 aromatic carbocycles. The summed E-state index contributed by atoms with van der Waals surface area (Å²) in [6.07, 6.45) is 1.44. The summed E-state index contributed by atoms with van der Waals surface area (Å²) in [7, 11) is -1.03. The van der Waals surface area contributed by atoms with Crippen molar-refractivity contribution in [1.29, 1.82) is 0 Å². The zero-order valence-corrected chi connectivity index (χ0v) is 20.5. The summed E-state index contributed by atoms with van der Waals surface area (Å²) < 4.78 is 26.9. The van der Waals surface area contributed by atoms with Gasteiger partial charge in [0.15, 0.2) is 0 Å². The fourth-order valence-corrected chi connectivity index (χ4v) is 6.07. The van der Waals surface area contributed by atoms with E-state index in [9.17, 15) is 13.7 Å². The van der Waals surface area contributed by atoms with Crippen molar-refractivity contribution in [1.82, 2.24) is 5.32 Å². The van der Waals surface area contributed by atoms with Crippen molar-refractivity contribution in [3.63, 3.8) is 0 Å². The van der Waals surface area contributed by atoms with Crippen molar-refractivity contribution >= 4 is 16.5 Å². The van der Waals surface area contributed by atoms with E-state index in [-0.39, 0.29) is 23.1 Å². The Balaban J connectivity index is 1.70. The molecule has 1 aliphatic rings. The van der Waals surface area contributed by atoms with Crippen LogP contribution >= 0.6 is 0 Å². The average molecular weight is 461 g/mol. The summed E-state index contributed by atoms with van der Waals surface area (Å²) in [4.78, 5) is 0. The highest BCUT2D eigenvalue weighted by molar-refractivity contribution is 7.85. The lowest BCUT2D eigenvalue weighted by molar-refractivity contribution is 0.0795. The molecule has 1 heterocycles. The van der Waals surface area contributed by atoms with Gasteiger partial charge in [0.2, 0.25) is 0 Å². The summed E-state index contributed by atoms with van der Waals surface area (Å²) in [5.74, 6) is 0.244. The second-order valence-corrected chi connectivity index (χ2v) is 11.6. The zero-order chi connectivity index (χ0) is 23.5. The van der Waals surface area contributed by atoms with E-state index in [0.29, 0.717) is 30.9 Å². The van der Waals surface area contributed by atoms with Crippen LogP contribution in [-0.4, -0.2) is 33.0 Å². The monoisotopic (exact) mass is 460 g/mol. The minimum atomic E-state index is -1.03. The van der Waals surface area contributed by atoms with Gasteiger partial charge >= 0.3 is 0 Å². The molecule has 1 aliphatic heterocycles. The van der Waals surface area contributed by atoms with Crippen molar-refractivity contribution in [3.8, 4) is 0 Å². The van der Waals surface area contributed by atoms with Gasteiger partial charge in [-0.05, 0) is 46.6 Å². The van der Waals surface area contributed by atoms with E-state index in [1.54, 1.807) is 0 Å². The molecule has 0 bridgehead atoms. The van der Waals surface area contributed by atoms with Crippen LogP contribution in [0.4, 0.5) is 10.1 Å². The molecule has 0 aliphatic carbocycles. The van der Waals surface area contributed by atoms with Crippen LogP contribution in [0, 0.1) is 11.7 Å². The van der Waals surface area contributed by atoms with Gasteiger partial charge in [-0.25, -0.2) is 4.39 Å². The number of benzene rings is 2. The Morgan fingerprint density at radius 1 is 1.19 bits per heavy atom. The SMILES string of the molecule is CCCc1cc(C[C@@H]2CS(=O)C[C@H](NCc3cccc(C(C)(C)C)c3)[C@H]2O)cc(F)c1N. The van der Waals surface area contributed by atoms with E-state index in [0.717, 1.165) is 23.1 Å². The van der Waals surface area contributed by atoms with E-state index >= 15 is 0 Å². The van der Waals surface area contributed by atoms with Crippen LogP contribution in [0.2, 0.25) is 0 Å². The second-order valence-electron chi connectivity index (χ2n) is 10.1. The third kappa shape index (κ3) is 6.18. The summed E-state index contributed by atoms with van der Waals surface area (Å²) in [6.45, 7) is 9.19. The van der Waals surface area contributed by atoms with Gasteiger partial charge < -0.3 is 16.2 Å². The van der Waals surface area contributed by atoms with Crippen LogP contribution in [0.1, 0.15) is 56.4 Å². The minimum absolute atomic E-state index is 0.0674. The number of aryl methyl sites for hydroxylation is 1. The molecule has 4 N–H and O–H groups in total. The summed E-state index contributed by atoms with van der Waals surface area (Å²) in [6, 6.07) is 11.6. The van der Waals surface area contributed by atoms with Gasteiger partial charge in [-0.15, -0.1) is 0 Å². The van der Waals surface area contributed by atoms with Crippen molar-refractivity contribution in [2.24, 2.45) is 5.92 Å². The Hall–Kier alpha value is -1.76. The van der Waals surface area contributed by atoms with Gasteiger partial charge in [-0.1, -0.05) is 64.4 Å². The third-order valence-electron chi connectivity index (χ3n) is 6.31. The molecule has 2 aromatic rings. The molecule has 0 spiro atoms. The molecule has 32 heavy (non-hydrogen) atoms. The van der Waals surface area contributed by atoms with E-state index in [2.05, 4.69) is 50.4 Å². The first kappa shape index (κ1) is 24.9. The maximum Gasteiger partial charge on any atom is 0.146 e. The van der Waals surface area contributed by atoms with Gasteiger partial charge in [0.1, 0.15) is 5.82 Å². The van der Waals surface area contributed by atoms with Crippen LogP contribution < -0.4 is 11.1 Å². The summed E-state index contributed by atoms with van der Waals surface area (Å²) in [5, 5.41) is 14.5. The highest BCUT2D eigenvalue weighted by Crippen LogP contribution is 2.27. The molecule has 3 rings (SSSR count). The highest BCUT2D eigenvalue weighted by atomic mass is 32.2. The predicted molar refractivity (Wildman–Crippen MR) is 132 cm³/mol. The molecular formula is C26H37FN2O2S. The molecule has 176 valence electrons. The predicted octanol–water partition coefficient (Wildman–Crippen LogP) is 4.10. The second kappa shape index (κ2) is 10.4. The molecule has 0 radical (unpaired) electrons. The van der Waals surface area contributed by atoms with Gasteiger partial charge in [0, 0.05) is 40.8 Å². The quantitative estimate of drug-likeness (QED) is 0.544. The lowest BCUT2D eigenvalue weighted by Gasteiger charge is -2.35. The molecule has 1 unspecified atom stereocenters. The molecule has 0 amide bonds. The first-order valence-electron chi connectivity index (χ1n) is 11.5. The van der Waals surface area contributed by atoms with Crippen LogP contribution in [0.5, 0.6) is 0 Å². The molecule has 0 aromatic heterocycles. The van der Waals surface area contributed by atoms with Gasteiger partial charge in [0.25, 0.3) is 0 Å². The van der Waals surface area contributed by atoms with Crippen molar-refractivity contribution in [2.45, 2.75) is 71.1 Å². The number of nitrogens with one attached hydrogen (secondary N) is 1. The van der Waals surface area contributed by atoms with Crippen molar-refractivity contribution in [2.75, 3.05) is 17.2 Å². The average Bonchev–Trinajstić information content (AvgIpc) is 2.72. The van der Waals surface area contributed by atoms with Crippen LogP contribution in [0.15, 0.2) is 36.4 Å². The number of hydrogen-bond acceptors (Lipinski definition) is 4. The Morgan fingerprint density at radius 3 is 2.62 bits per heavy atom. The largest absolute Gasteiger partial charge is 0.396 e. The smallest absolute Gasteiger partial charge is 0.146 e. The number of halogens is 1. The standard InChI is InChI=1S/C26H37FN2O2S/c1-5-7-19-10-18(13-22(27)24(19)28)11-20-15-32(31)16-23(25(20)30)29-14-17-8-6-9-21(12-17)26(2,3)4/h6,8-10,12-13,20,23,25,29-30H,5,7,11,14-16,28H2,1-4H3/t20-,23+,25+,32?/m1/s1. The van der Waals surface area contributed by atoms with E-state index in [4.69, 9.17) is 5.73 Å². The Kier molecular flexibility index (Phi) is 8.12. The lowest BCUT2D eigenvalue weighted by Crippen LogP contribution is -2.53. The van der Waals surface area contributed by atoms with E-state index in [1.807, 2.05) is 13.0 Å². The fourth-order valence-electron chi connectivity index (χ4n) is 4.42. The van der Waals surface area contributed by atoms with E-state index in [1.165, 1.54) is 11.6 Å². The third-order valence-corrected chi connectivity index (χ3v) is 7.85. The number of nitrogens with two attached hydrogens (primary N) is 1. The van der Waals surface area contributed by atoms with Crippen molar-refractivity contribution in [3.05, 3.63) is 64.5 Å². The van der Waals surface area contributed by atoms with Crippen LogP contribution in [0.25, 0.3) is 0 Å². The number of rotatable bonds is 7. The molecule has 4 nitrogen and oxygen atoms in total. The van der Waals surface area contributed by atoms with E-state index < -0.39 is 22.7 Å². The Labute approximate surface area is 194 Å². The molecule has 1 fully saturated rings. The maximum absolute atomic E-state index is 14.3. The molecule has 1 saturated heterocycles. The number of anilines is 1. The number of aliphatic hydroxyl groups excluding tert-OH is 1. The normalized spacial score (nSPS) is 23.9. The molecule has 4 atom stereocenters. The first-order valence-corrected chi connectivity index (χ1v) is 13.0. The number of aliphatic hydroxyl groups is 1. The topological polar surface area (TPSA) is 75.3 Å². The molecule has 6 heteroatoms. The molecular weight excluding hydrogens is 423 g/mol. The maximum atomic E-state index is 14.3. The number of hydrogen-bond donors (Lipinski definition) is 3. The van der Waals surface area contributed by atoms with Gasteiger partial charge in [-0.2, -0.15) is 0 Å². The van der Waals surface area contributed by atoms with Gasteiger partial charge in [0.05, 0.1) is 11.8 Å². The summed E-state index contributed by atoms with van der Waals surface area (Å²) >= 11 is 0. The Bertz CT molecular complexity index is 957. The summed E-state index contributed by atoms with van der Waals surface area (Å²) in [5.41, 5.74) is 10.2. The molecule has 0 saturated carbocycles. The van der Waals surface area contributed by atoms with Crippen LogP contribution in [-0.2, 0) is 35.6 Å². The van der Waals surface area contributed by atoms with Gasteiger partial charge in [-0.3, -0.25) is 4.21 Å².